The quantitative estimate of drug-likeness (QED) is 0.785. The summed E-state index contributed by atoms with van der Waals surface area (Å²) in [6.45, 7) is 9.35. The number of anilines is 1. The molecule has 0 unspecified atom stereocenters. The number of hydrogen-bond acceptors (Lipinski definition) is 4. The molecule has 2 aromatic rings. The Morgan fingerprint density at radius 2 is 1.96 bits per heavy atom. The van der Waals surface area contributed by atoms with Crippen molar-refractivity contribution in [2.45, 2.75) is 0 Å². The van der Waals surface area contributed by atoms with Crippen LogP contribution in [0.2, 0.25) is 5.02 Å². The van der Waals surface area contributed by atoms with E-state index < -0.39 is 0 Å². The van der Waals surface area contributed by atoms with E-state index in [4.69, 9.17) is 11.6 Å². The molecule has 0 aliphatic carbocycles. The fourth-order valence-electron chi connectivity index (χ4n) is 2.96. The molecule has 1 heterocycles. The Balaban J connectivity index is 1.66. The molecule has 0 amide bonds. The first-order valence-corrected chi connectivity index (χ1v) is 8.91. The maximum Gasteiger partial charge on any atom is 0.124 e. The molecule has 0 saturated heterocycles. The van der Waals surface area contributed by atoms with Gasteiger partial charge in [0.05, 0.1) is 22.9 Å². The van der Waals surface area contributed by atoms with Gasteiger partial charge < -0.3 is 10.2 Å². The lowest BCUT2D eigenvalue weighted by Gasteiger charge is -2.28. The summed E-state index contributed by atoms with van der Waals surface area (Å²) in [7, 11) is 3.93. The monoisotopic (exact) mass is 384 g/mol. The fraction of sp³-hybridized carbons (Fsp3) is 0.190. The Bertz CT molecular complexity index is 922. The van der Waals surface area contributed by atoms with Crippen LogP contribution in [0.1, 0.15) is 5.56 Å². The highest BCUT2D eigenvalue weighted by Gasteiger charge is 2.18. The zero-order chi connectivity index (χ0) is 19.6. The fourth-order valence-corrected chi connectivity index (χ4v) is 3.22. The van der Waals surface area contributed by atoms with Gasteiger partial charge in [-0.3, -0.25) is 4.90 Å². The van der Waals surface area contributed by atoms with Crippen LogP contribution in [0.4, 0.5) is 15.8 Å². The van der Waals surface area contributed by atoms with Gasteiger partial charge in [0.25, 0.3) is 0 Å². The predicted molar refractivity (Wildman–Crippen MR) is 112 cm³/mol. The molecule has 4 nitrogen and oxygen atoms in total. The van der Waals surface area contributed by atoms with Crippen LogP contribution in [0.15, 0.2) is 66.3 Å². The van der Waals surface area contributed by atoms with Gasteiger partial charge in [0.2, 0.25) is 0 Å². The standard InChI is InChI=1S/C21H22ClFN4/c1-14(27(4)20-8-6-5-7-18(20)22)12-26(3)13-21-24-15(2)17-11-16(23)9-10-19(17)25-21/h5-11H,1-2,12-13H2,3-4H3,(H,24,25). The summed E-state index contributed by atoms with van der Waals surface area (Å²) in [5.74, 6) is 0.459. The molecule has 0 spiro atoms. The van der Waals surface area contributed by atoms with Crippen LogP contribution in [0.3, 0.4) is 0 Å². The summed E-state index contributed by atoms with van der Waals surface area (Å²) < 4.78 is 13.4. The lowest BCUT2D eigenvalue weighted by molar-refractivity contribution is 0.409. The number of rotatable bonds is 6. The SMILES string of the molecule is C=C1NC(CN(C)CC(=C)N(C)c2ccccc2Cl)=Nc2ccc(F)cc21. The molecule has 1 aliphatic rings. The molecule has 2 aromatic carbocycles. The minimum atomic E-state index is -0.300. The molecule has 0 saturated carbocycles. The van der Waals surface area contributed by atoms with Crippen molar-refractivity contribution >= 4 is 34.5 Å². The van der Waals surface area contributed by atoms with Gasteiger partial charge in [-0.15, -0.1) is 0 Å². The maximum absolute atomic E-state index is 13.4. The molecule has 140 valence electrons. The Hall–Kier alpha value is -2.63. The highest BCUT2D eigenvalue weighted by atomic mass is 35.5. The normalized spacial score (nSPS) is 13.1. The molecule has 0 aromatic heterocycles. The van der Waals surface area contributed by atoms with Crippen molar-refractivity contribution in [3.05, 3.63) is 77.7 Å². The molecule has 0 bridgehead atoms. The minimum Gasteiger partial charge on any atom is -0.346 e. The van der Waals surface area contributed by atoms with Gasteiger partial charge in [-0.1, -0.05) is 36.9 Å². The Morgan fingerprint density at radius 3 is 2.70 bits per heavy atom. The molecule has 6 heteroatoms. The van der Waals surface area contributed by atoms with Crippen molar-refractivity contribution in [2.24, 2.45) is 4.99 Å². The van der Waals surface area contributed by atoms with Crippen molar-refractivity contribution in [1.82, 2.24) is 10.2 Å². The number of aliphatic imine (C=N–C) groups is 1. The first-order chi connectivity index (χ1) is 12.8. The topological polar surface area (TPSA) is 30.9 Å². The molecule has 1 aliphatic heterocycles. The van der Waals surface area contributed by atoms with E-state index in [0.29, 0.717) is 29.4 Å². The second-order valence-electron chi connectivity index (χ2n) is 6.57. The van der Waals surface area contributed by atoms with Gasteiger partial charge in [0.1, 0.15) is 11.7 Å². The highest BCUT2D eigenvalue weighted by Crippen LogP contribution is 2.29. The lowest BCUT2D eigenvalue weighted by atomic mass is 10.1. The summed E-state index contributed by atoms with van der Waals surface area (Å²) in [5.41, 5.74) is 3.87. The van der Waals surface area contributed by atoms with Crippen molar-refractivity contribution in [2.75, 3.05) is 32.1 Å². The molecule has 3 rings (SSSR count). The smallest absolute Gasteiger partial charge is 0.124 e. The molecule has 0 fully saturated rings. The number of benzene rings is 2. The number of nitrogens with zero attached hydrogens (tertiary/aromatic N) is 3. The van der Waals surface area contributed by atoms with Crippen molar-refractivity contribution in [3.63, 3.8) is 0 Å². The predicted octanol–water partition coefficient (Wildman–Crippen LogP) is 4.66. The molecule has 0 atom stereocenters. The number of nitrogens with one attached hydrogen (secondary N) is 1. The summed E-state index contributed by atoms with van der Waals surface area (Å²) in [6, 6.07) is 12.2. The first-order valence-electron chi connectivity index (χ1n) is 8.53. The number of likely N-dealkylation sites (N-methyl/N-ethyl adjacent to an activating group) is 2. The molecule has 27 heavy (non-hydrogen) atoms. The lowest BCUT2D eigenvalue weighted by Crippen LogP contribution is -2.38. The molecular weight excluding hydrogens is 363 g/mol. The van der Waals surface area contributed by atoms with Crippen LogP contribution in [0.5, 0.6) is 0 Å². The van der Waals surface area contributed by atoms with E-state index >= 15 is 0 Å². The Kier molecular flexibility index (Phi) is 5.63. The van der Waals surface area contributed by atoms with Crippen LogP contribution >= 0.6 is 11.6 Å². The molecule has 1 N–H and O–H groups in total. The zero-order valence-corrected chi connectivity index (χ0v) is 16.2. The van der Waals surface area contributed by atoms with Crippen LogP contribution in [-0.2, 0) is 0 Å². The van der Waals surface area contributed by atoms with E-state index in [-0.39, 0.29) is 5.82 Å². The third-order valence-corrected chi connectivity index (χ3v) is 4.71. The molecule has 0 radical (unpaired) electrons. The second kappa shape index (κ2) is 7.94. The van der Waals surface area contributed by atoms with Crippen LogP contribution in [-0.4, -0.2) is 37.9 Å². The van der Waals surface area contributed by atoms with Crippen molar-refractivity contribution in [1.29, 1.82) is 0 Å². The summed E-state index contributed by atoms with van der Waals surface area (Å²) >= 11 is 6.27. The average Bonchev–Trinajstić information content (AvgIpc) is 2.62. The van der Waals surface area contributed by atoms with E-state index in [1.807, 2.05) is 43.3 Å². The maximum atomic E-state index is 13.4. The van der Waals surface area contributed by atoms with Crippen LogP contribution in [0.25, 0.3) is 5.70 Å². The van der Waals surface area contributed by atoms with Gasteiger partial charge in [0, 0.05) is 30.5 Å². The van der Waals surface area contributed by atoms with Gasteiger partial charge in [-0.2, -0.15) is 0 Å². The van der Waals surface area contributed by atoms with E-state index in [1.54, 1.807) is 6.07 Å². The summed E-state index contributed by atoms with van der Waals surface area (Å²) in [4.78, 5) is 8.64. The second-order valence-corrected chi connectivity index (χ2v) is 6.98. The summed E-state index contributed by atoms with van der Waals surface area (Å²) in [6.07, 6.45) is 0. The van der Waals surface area contributed by atoms with Crippen LogP contribution < -0.4 is 10.2 Å². The number of fused-ring (bicyclic) bond motifs is 1. The van der Waals surface area contributed by atoms with Crippen molar-refractivity contribution in [3.8, 4) is 0 Å². The van der Waals surface area contributed by atoms with Crippen molar-refractivity contribution < 1.29 is 4.39 Å². The van der Waals surface area contributed by atoms with Gasteiger partial charge in [-0.05, 0) is 37.4 Å². The third kappa shape index (κ3) is 4.38. The number of para-hydroxylation sites is 1. The van der Waals surface area contributed by atoms with Gasteiger partial charge >= 0.3 is 0 Å². The Morgan fingerprint density at radius 1 is 1.22 bits per heavy atom. The number of halogens is 2. The first kappa shape index (κ1) is 19.1. The number of hydrogen-bond donors (Lipinski definition) is 1. The van der Waals surface area contributed by atoms with E-state index in [9.17, 15) is 4.39 Å². The summed E-state index contributed by atoms with van der Waals surface area (Å²) in [5, 5.41) is 3.84. The van der Waals surface area contributed by atoms with E-state index in [0.717, 1.165) is 22.9 Å². The average molecular weight is 385 g/mol. The third-order valence-electron chi connectivity index (χ3n) is 4.39. The van der Waals surface area contributed by atoms with Gasteiger partial charge in [0.15, 0.2) is 0 Å². The highest BCUT2D eigenvalue weighted by molar-refractivity contribution is 6.33. The largest absolute Gasteiger partial charge is 0.346 e. The van der Waals surface area contributed by atoms with Gasteiger partial charge in [-0.25, -0.2) is 9.38 Å². The van der Waals surface area contributed by atoms with Crippen LogP contribution in [0, 0.1) is 5.82 Å². The molecular formula is C21H22ClFN4. The van der Waals surface area contributed by atoms with E-state index in [2.05, 4.69) is 28.4 Å². The van der Waals surface area contributed by atoms with E-state index in [1.165, 1.54) is 12.1 Å². The zero-order valence-electron chi connectivity index (χ0n) is 15.5. The Labute approximate surface area is 164 Å². The minimum absolute atomic E-state index is 0.300. The number of amidine groups is 1.